The van der Waals surface area contributed by atoms with Crippen LogP contribution in [0.3, 0.4) is 0 Å². The van der Waals surface area contributed by atoms with Crippen LogP contribution in [0, 0.1) is 0 Å². The highest BCUT2D eigenvalue weighted by Gasteiger charge is 1.99. The molecule has 1 heterocycles. The van der Waals surface area contributed by atoms with Gasteiger partial charge in [-0.3, -0.25) is 0 Å². The Balaban J connectivity index is 3.00. The minimum atomic E-state index is 0.455. The Morgan fingerprint density at radius 3 is 2.73 bits per heavy atom. The molecule has 0 saturated heterocycles. The van der Waals surface area contributed by atoms with E-state index in [-0.39, 0.29) is 0 Å². The van der Waals surface area contributed by atoms with Gasteiger partial charge in [-0.25, -0.2) is 9.97 Å². The third-order valence-electron chi connectivity index (χ3n) is 1.51. The van der Waals surface area contributed by atoms with Gasteiger partial charge < -0.3 is 0 Å². The maximum atomic E-state index is 4.13. The van der Waals surface area contributed by atoms with Crippen LogP contribution in [0.5, 0.6) is 0 Å². The predicted molar refractivity (Wildman–Crippen MR) is 46.2 cm³/mol. The Labute approximate surface area is 67.0 Å². The van der Waals surface area contributed by atoms with Gasteiger partial charge in [0, 0.05) is 5.69 Å². The first-order valence-electron chi connectivity index (χ1n) is 3.68. The lowest BCUT2D eigenvalue weighted by molar-refractivity contribution is 0.812. The molecule has 0 spiro atoms. The normalized spacial score (nSPS) is 10.1. The van der Waals surface area contributed by atoms with Crippen molar-refractivity contribution in [3.8, 4) is 0 Å². The fourth-order valence-corrected chi connectivity index (χ4v) is 0.816. The average Bonchev–Trinajstić information content (AvgIpc) is 2.05. The molecule has 0 N–H and O–H groups in total. The zero-order valence-corrected chi connectivity index (χ0v) is 6.91. The number of rotatable bonds is 2. The van der Waals surface area contributed by atoms with E-state index < -0.39 is 0 Å². The summed E-state index contributed by atoms with van der Waals surface area (Å²) >= 11 is 0. The number of hydrogen-bond acceptors (Lipinski definition) is 2. The van der Waals surface area contributed by atoms with Gasteiger partial charge in [0.05, 0.1) is 5.69 Å². The van der Waals surface area contributed by atoms with E-state index in [9.17, 15) is 0 Å². The van der Waals surface area contributed by atoms with Crippen LogP contribution in [0.15, 0.2) is 19.0 Å². The molecule has 0 aliphatic rings. The smallest absolute Gasteiger partial charge is 0.116 e. The van der Waals surface area contributed by atoms with Crippen molar-refractivity contribution >= 4 is 6.08 Å². The van der Waals surface area contributed by atoms with Gasteiger partial charge in [-0.15, -0.1) is 0 Å². The summed E-state index contributed by atoms with van der Waals surface area (Å²) in [4.78, 5) is 8.14. The quantitative estimate of drug-likeness (QED) is 0.642. The molecule has 0 aromatic carbocycles. The van der Waals surface area contributed by atoms with Gasteiger partial charge in [-0.2, -0.15) is 0 Å². The number of nitrogens with zero attached hydrogens (tertiary/aromatic N) is 2. The fraction of sp³-hybridized carbons (Fsp3) is 0.333. The molecule has 0 amide bonds. The van der Waals surface area contributed by atoms with Crippen molar-refractivity contribution in [1.29, 1.82) is 0 Å². The Morgan fingerprint density at radius 1 is 1.45 bits per heavy atom. The van der Waals surface area contributed by atoms with Crippen molar-refractivity contribution in [2.75, 3.05) is 0 Å². The third kappa shape index (κ3) is 1.87. The summed E-state index contributed by atoms with van der Waals surface area (Å²) in [5, 5.41) is 0. The lowest BCUT2D eigenvalue weighted by Gasteiger charge is -2.02. The second kappa shape index (κ2) is 3.28. The Kier molecular flexibility index (Phi) is 2.36. The topological polar surface area (TPSA) is 25.8 Å². The van der Waals surface area contributed by atoms with E-state index in [2.05, 4.69) is 30.4 Å². The lowest BCUT2D eigenvalue weighted by atomic mass is 10.1. The first-order valence-corrected chi connectivity index (χ1v) is 3.68. The first kappa shape index (κ1) is 7.92. The summed E-state index contributed by atoms with van der Waals surface area (Å²) < 4.78 is 0. The van der Waals surface area contributed by atoms with Crippen molar-refractivity contribution in [1.82, 2.24) is 9.97 Å². The lowest BCUT2D eigenvalue weighted by Crippen LogP contribution is -1.94. The minimum Gasteiger partial charge on any atom is -0.241 e. The molecule has 0 aliphatic heterocycles. The highest BCUT2D eigenvalue weighted by molar-refractivity contribution is 5.41. The van der Waals surface area contributed by atoms with Crippen molar-refractivity contribution in [2.24, 2.45) is 0 Å². The van der Waals surface area contributed by atoms with Crippen molar-refractivity contribution in [2.45, 2.75) is 19.8 Å². The SMILES string of the molecule is C=Cc1cc(C(C)C)ncn1. The minimum absolute atomic E-state index is 0.455. The van der Waals surface area contributed by atoms with Crippen molar-refractivity contribution < 1.29 is 0 Å². The summed E-state index contributed by atoms with van der Waals surface area (Å²) in [6.07, 6.45) is 3.31. The molecule has 0 fully saturated rings. The molecule has 0 atom stereocenters. The van der Waals surface area contributed by atoms with Crippen LogP contribution in [-0.4, -0.2) is 9.97 Å². The van der Waals surface area contributed by atoms with Gasteiger partial charge >= 0.3 is 0 Å². The van der Waals surface area contributed by atoms with Gasteiger partial charge in [-0.05, 0) is 18.1 Å². The highest BCUT2D eigenvalue weighted by Crippen LogP contribution is 2.10. The summed E-state index contributed by atoms with van der Waals surface area (Å²) in [5.74, 6) is 0.455. The number of aromatic nitrogens is 2. The summed E-state index contributed by atoms with van der Waals surface area (Å²) in [6.45, 7) is 7.85. The molecule has 2 nitrogen and oxygen atoms in total. The van der Waals surface area contributed by atoms with E-state index in [1.54, 1.807) is 12.4 Å². The van der Waals surface area contributed by atoms with Crippen LogP contribution < -0.4 is 0 Å². The van der Waals surface area contributed by atoms with Gasteiger partial charge in [-0.1, -0.05) is 20.4 Å². The number of hydrogen-bond donors (Lipinski definition) is 0. The Bertz CT molecular complexity index is 253. The Morgan fingerprint density at radius 2 is 2.18 bits per heavy atom. The maximum Gasteiger partial charge on any atom is 0.116 e. The van der Waals surface area contributed by atoms with E-state index in [0.29, 0.717) is 5.92 Å². The van der Waals surface area contributed by atoms with E-state index in [1.165, 1.54) is 0 Å². The molecule has 0 unspecified atom stereocenters. The van der Waals surface area contributed by atoms with Gasteiger partial charge in [0.1, 0.15) is 6.33 Å². The van der Waals surface area contributed by atoms with Gasteiger partial charge in [0.25, 0.3) is 0 Å². The van der Waals surface area contributed by atoms with Crippen LogP contribution in [0.25, 0.3) is 6.08 Å². The molecule has 1 rings (SSSR count). The average molecular weight is 148 g/mol. The molecule has 58 valence electrons. The molecule has 1 aromatic heterocycles. The predicted octanol–water partition coefficient (Wildman–Crippen LogP) is 2.24. The fourth-order valence-electron chi connectivity index (χ4n) is 0.816. The molecular weight excluding hydrogens is 136 g/mol. The van der Waals surface area contributed by atoms with E-state index >= 15 is 0 Å². The monoisotopic (exact) mass is 148 g/mol. The Hall–Kier alpha value is -1.18. The molecule has 0 aliphatic carbocycles. The molecule has 2 heteroatoms. The van der Waals surface area contributed by atoms with E-state index in [0.717, 1.165) is 11.4 Å². The van der Waals surface area contributed by atoms with Crippen molar-refractivity contribution in [3.05, 3.63) is 30.4 Å². The van der Waals surface area contributed by atoms with Gasteiger partial charge in [0.15, 0.2) is 0 Å². The second-order valence-electron chi connectivity index (χ2n) is 2.73. The largest absolute Gasteiger partial charge is 0.241 e. The first-order chi connectivity index (χ1) is 5.24. The second-order valence-corrected chi connectivity index (χ2v) is 2.73. The molecule has 0 saturated carbocycles. The standard InChI is InChI=1S/C9H12N2/c1-4-8-5-9(7(2)3)11-6-10-8/h4-7H,1H2,2-3H3. The van der Waals surface area contributed by atoms with Crippen LogP contribution >= 0.6 is 0 Å². The molecule has 11 heavy (non-hydrogen) atoms. The van der Waals surface area contributed by atoms with Gasteiger partial charge in [0.2, 0.25) is 0 Å². The van der Waals surface area contributed by atoms with Crippen molar-refractivity contribution in [3.63, 3.8) is 0 Å². The molecule has 1 aromatic rings. The van der Waals surface area contributed by atoms with Crippen LogP contribution in [-0.2, 0) is 0 Å². The zero-order chi connectivity index (χ0) is 8.27. The summed E-state index contributed by atoms with van der Waals surface area (Å²) in [5.41, 5.74) is 1.96. The summed E-state index contributed by atoms with van der Waals surface area (Å²) in [6, 6.07) is 1.96. The maximum absolute atomic E-state index is 4.13. The molecule has 0 bridgehead atoms. The van der Waals surface area contributed by atoms with E-state index in [4.69, 9.17) is 0 Å². The van der Waals surface area contributed by atoms with Crippen LogP contribution in [0.2, 0.25) is 0 Å². The third-order valence-corrected chi connectivity index (χ3v) is 1.51. The molecular formula is C9H12N2. The van der Waals surface area contributed by atoms with Crippen LogP contribution in [0.1, 0.15) is 31.2 Å². The highest BCUT2D eigenvalue weighted by atomic mass is 14.8. The summed E-state index contributed by atoms with van der Waals surface area (Å²) in [7, 11) is 0. The zero-order valence-electron chi connectivity index (χ0n) is 6.91. The molecule has 0 radical (unpaired) electrons. The van der Waals surface area contributed by atoms with E-state index in [1.807, 2.05) is 6.07 Å². The van der Waals surface area contributed by atoms with Crippen LogP contribution in [0.4, 0.5) is 0 Å².